The molecule has 5 heteroatoms. The van der Waals surface area contributed by atoms with Crippen molar-refractivity contribution in [2.75, 3.05) is 6.54 Å². The van der Waals surface area contributed by atoms with E-state index in [1.807, 2.05) is 0 Å². The van der Waals surface area contributed by atoms with Crippen LogP contribution >= 0.6 is 0 Å². The fraction of sp³-hybridized carbons (Fsp3) is 0.500. The van der Waals surface area contributed by atoms with Crippen LogP contribution in [-0.2, 0) is 16.3 Å². The minimum absolute atomic E-state index is 0.156. The largest absolute Gasteiger partial charge is 0.330 e. The van der Waals surface area contributed by atoms with Gasteiger partial charge in [-0.05, 0) is 49.9 Å². The van der Waals surface area contributed by atoms with Crippen LogP contribution in [-0.4, -0.2) is 20.2 Å². The molecule has 0 atom stereocenters. The van der Waals surface area contributed by atoms with Crippen LogP contribution in [0, 0.1) is 5.82 Å². The van der Waals surface area contributed by atoms with Gasteiger partial charge in [0.25, 0.3) is 0 Å². The smallest absolute Gasteiger partial charge is 0.184 e. The van der Waals surface area contributed by atoms with Crippen LogP contribution in [0.25, 0.3) is 0 Å². The Morgan fingerprint density at radius 3 is 2.59 bits per heavy atom. The standard InChI is InChI=1S/C12H16FNO2S/c13-11-8-9(2-1-7-14)3-6-12(11)17(15,16)10-4-5-10/h3,6,8,10H,1-2,4-5,7,14H2. The highest BCUT2D eigenvalue weighted by molar-refractivity contribution is 7.92. The van der Waals surface area contributed by atoms with Crippen LogP contribution in [0.4, 0.5) is 4.39 Å². The quantitative estimate of drug-likeness (QED) is 0.872. The Morgan fingerprint density at radius 2 is 2.06 bits per heavy atom. The summed E-state index contributed by atoms with van der Waals surface area (Å²) >= 11 is 0. The molecular weight excluding hydrogens is 241 g/mol. The molecule has 1 saturated carbocycles. The minimum Gasteiger partial charge on any atom is -0.330 e. The molecule has 0 amide bonds. The van der Waals surface area contributed by atoms with Crippen molar-refractivity contribution in [3.63, 3.8) is 0 Å². The van der Waals surface area contributed by atoms with Crippen molar-refractivity contribution in [2.45, 2.75) is 35.8 Å². The van der Waals surface area contributed by atoms with E-state index < -0.39 is 15.7 Å². The molecule has 1 aromatic rings. The number of nitrogens with two attached hydrogens (primary N) is 1. The van der Waals surface area contributed by atoms with Crippen LogP contribution < -0.4 is 5.73 Å². The number of hydrogen-bond donors (Lipinski definition) is 1. The Morgan fingerprint density at radius 1 is 1.35 bits per heavy atom. The van der Waals surface area contributed by atoms with Crippen LogP contribution in [0.15, 0.2) is 23.1 Å². The summed E-state index contributed by atoms with van der Waals surface area (Å²) < 4.78 is 37.5. The van der Waals surface area contributed by atoms with E-state index >= 15 is 0 Å². The van der Waals surface area contributed by atoms with Gasteiger partial charge in [0.2, 0.25) is 0 Å². The van der Waals surface area contributed by atoms with Crippen molar-refractivity contribution in [3.05, 3.63) is 29.6 Å². The lowest BCUT2D eigenvalue weighted by atomic mass is 10.1. The fourth-order valence-electron chi connectivity index (χ4n) is 1.79. The second-order valence-corrected chi connectivity index (χ2v) is 6.60. The number of rotatable bonds is 5. The highest BCUT2D eigenvalue weighted by Crippen LogP contribution is 2.34. The van der Waals surface area contributed by atoms with Gasteiger partial charge in [-0.2, -0.15) is 0 Å². The van der Waals surface area contributed by atoms with Crippen molar-refractivity contribution < 1.29 is 12.8 Å². The van der Waals surface area contributed by atoms with Gasteiger partial charge < -0.3 is 5.73 Å². The first-order valence-electron chi connectivity index (χ1n) is 5.78. The number of benzene rings is 1. The number of aryl methyl sites for hydroxylation is 1. The molecule has 0 saturated heterocycles. The zero-order chi connectivity index (χ0) is 12.5. The normalized spacial score (nSPS) is 16.1. The maximum Gasteiger partial charge on any atom is 0.184 e. The molecule has 94 valence electrons. The van der Waals surface area contributed by atoms with Crippen molar-refractivity contribution >= 4 is 9.84 Å². The van der Waals surface area contributed by atoms with Crippen LogP contribution in [0.5, 0.6) is 0 Å². The van der Waals surface area contributed by atoms with Gasteiger partial charge in [0.1, 0.15) is 10.7 Å². The van der Waals surface area contributed by atoms with E-state index in [9.17, 15) is 12.8 Å². The maximum absolute atomic E-state index is 13.8. The molecule has 0 unspecified atom stereocenters. The summed E-state index contributed by atoms with van der Waals surface area (Å²) in [5.74, 6) is -0.633. The SMILES string of the molecule is NCCCc1ccc(S(=O)(=O)C2CC2)c(F)c1. The van der Waals surface area contributed by atoms with Crippen LogP contribution in [0.3, 0.4) is 0 Å². The predicted octanol–water partition coefficient (Wildman–Crippen LogP) is 1.65. The molecule has 0 aromatic heterocycles. The van der Waals surface area contributed by atoms with Crippen molar-refractivity contribution in [3.8, 4) is 0 Å². The van der Waals surface area contributed by atoms with Gasteiger partial charge in [-0.15, -0.1) is 0 Å². The van der Waals surface area contributed by atoms with Crippen LogP contribution in [0.2, 0.25) is 0 Å². The third kappa shape index (κ3) is 2.66. The number of sulfone groups is 1. The fourth-order valence-corrected chi connectivity index (χ4v) is 3.50. The summed E-state index contributed by atoms with van der Waals surface area (Å²) in [4.78, 5) is -0.156. The van der Waals surface area contributed by atoms with Gasteiger partial charge in [0, 0.05) is 0 Å². The van der Waals surface area contributed by atoms with E-state index in [2.05, 4.69) is 0 Å². The number of halogens is 1. The molecule has 0 bridgehead atoms. The highest BCUT2D eigenvalue weighted by Gasteiger charge is 2.38. The molecule has 0 heterocycles. The summed E-state index contributed by atoms with van der Waals surface area (Å²) in [6.07, 6.45) is 2.75. The minimum atomic E-state index is -3.43. The Labute approximate surface area is 101 Å². The van der Waals surface area contributed by atoms with E-state index in [1.54, 1.807) is 6.07 Å². The lowest BCUT2D eigenvalue weighted by Gasteiger charge is -2.06. The van der Waals surface area contributed by atoms with Gasteiger partial charge in [0.15, 0.2) is 9.84 Å². The summed E-state index contributed by atoms with van der Waals surface area (Å²) in [6.45, 7) is 0.545. The summed E-state index contributed by atoms with van der Waals surface area (Å²) in [5.41, 5.74) is 6.17. The summed E-state index contributed by atoms with van der Waals surface area (Å²) in [5, 5.41) is -0.369. The monoisotopic (exact) mass is 257 g/mol. The molecule has 3 nitrogen and oxygen atoms in total. The second kappa shape index (κ2) is 4.74. The average molecular weight is 257 g/mol. The zero-order valence-corrected chi connectivity index (χ0v) is 10.3. The molecule has 17 heavy (non-hydrogen) atoms. The highest BCUT2D eigenvalue weighted by atomic mass is 32.2. The van der Waals surface area contributed by atoms with Gasteiger partial charge in [-0.3, -0.25) is 0 Å². The van der Waals surface area contributed by atoms with Gasteiger partial charge in [-0.25, -0.2) is 12.8 Å². The molecule has 0 aliphatic heterocycles. The Hall–Kier alpha value is -0.940. The third-order valence-electron chi connectivity index (χ3n) is 2.94. The third-order valence-corrected chi connectivity index (χ3v) is 5.23. The Balaban J connectivity index is 2.25. The molecule has 1 aliphatic rings. The molecule has 2 rings (SSSR count). The first kappa shape index (κ1) is 12.5. The van der Waals surface area contributed by atoms with E-state index in [-0.39, 0.29) is 10.1 Å². The molecule has 1 aliphatic carbocycles. The lowest BCUT2D eigenvalue weighted by Crippen LogP contribution is -2.10. The first-order valence-corrected chi connectivity index (χ1v) is 7.32. The summed E-state index contributed by atoms with van der Waals surface area (Å²) in [6, 6.07) is 4.37. The predicted molar refractivity (Wildman–Crippen MR) is 64.0 cm³/mol. The molecule has 1 aromatic carbocycles. The maximum atomic E-state index is 13.8. The Kier molecular flexibility index (Phi) is 3.49. The summed E-state index contributed by atoms with van der Waals surface area (Å²) in [7, 11) is -3.43. The van der Waals surface area contributed by atoms with Gasteiger partial charge in [0.05, 0.1) is 5.25 Å². The lowest BCUT2D eigenvalue weighted by molar-refractivity contribution is 0.564. The van der Waals surface area contributed by atoms with E-state index in [0.29, 0.717) is 25.8 Å². The zero-order valence-electron chi connectivity index (χ0n) is 9.52. The molecular formula is C12H16FNO2S. The molecule has 1 fully saturated rings. The van der Waals surface area contributed by atoms with Crippen molar-refractivity contribution in [1.82, 2.24) is 0 Å². The van der Waals surface area contributed by atoms with E-state index in [0.717, 1.165) is 12.0 Å². The van der Waals surface area contributed by atoms with Gasteiger partial charge in [-0.1, -0.05) is 6.07 Å². The van der Waals surface area contributed by atoms with E-state index in [4.69, 9.17) is 5.73 Å². The second-order valence-electron chi connectivity index (χ2n) is 4.40. The van der Waals surface area contributed by atoms with Gasteiger partial charge >= 0.3 is 0 Å². The van der Waals surface area contributed by atoms with E-state index in [1.165, 1.54) is 12.1 Å². The first-order chi connectivity index (χ1) is 8.05. The average Bonchev–Trinajstić information content (AvgIpc) is 3.10. The molecule has 0 spiro atoms. The number of hydrogen-bond acceptors (Lipinski definition) is 3. The van der Waals surface area contributed by atoms with Crippen LogP contribution in [0.1, 0.15) is 24.8 Å². The van der Waals surface area contributed by atoms with Crippen molar-refractivity contribution in [1.29, 1.82) is 0 Å². The molecule has 2 N–H and O–H groups in total. The van der Waals surface area contributed by atoms with Crippen molar-refractivity contribution in [2.24, 2.45) is 5.73 Å². The Bertz CT molecular complexity index is 509. The molecule has 0 radical (unpaired) electrons. The topological polar surface area (TPSA) is 60.2 Å².